The van der Waals surface area contributed by atoms with Gasteiger partial charge in [-0.05, 0) is 57.4 Å². The van der Waals surface area contributed by atoms with Crippen LogP contribution in [0.2, 0.25) is 5.02 Å². The van der Waals surface area contributed by atoms with Crippen LogP contribution < -0.4 is 10.6 Å². The van der Waals surface area contributed by atoms with Crippen molar-refractivity contribution in [3.63, 3.8) is 0 Å². The van der Waals surface area contributed by atoms with Gasteiger partial charge < -0.3 is 15.6 Å². The van der Waals surface area contributed by atoms with Crippen LogP contribution in [-0.2, 0) is 0 Å². The molecule has 2 aromatic rings. The Hall–Kier alpha value is -2.60. The molecule has 0 bridgehead atoms. The first kappa shape index (κ1) is 18.2. The number of aromatic amines is 1. The highest BCUT2D eigenvalue weighted by Crippen LogP contribution is 2.25. The minimum absolute atomic E-state index is 0.0932. The third-order valence-corrected chi connectivity index (χ3v) is 4.71. The molecule has 2 amide bonds. The molecule has 0 atom stereocenters. The predicted molar refractivity (Wildman–Crippen MR) is 100 cm³/mol. The van der Waals surface area contributed by atoms with Crippen molar-refractivity contribution in [2.75, 3.05) is 5.32 Å². The Morgan fingerprint density at radius 1 is 1.15 bits per heavy atom. The highest BCUT2D eigenvalue weighted by Gasteiger charge is 2.25. The molecular weight excluding hydrogens is 354 g/mol. The van der Waals surface area contributed by atoms with Crippen LogP contribution in [0, 0.1) is 13.8 Å². The van der Waals surface area contributed by atoms with Crippen LogP contribution in [0.1, 0.15) is 62.2 Å². The molecule has 1 heterocycles. The highest BCUT2D eigenvalue weighted by molar-refractivity contribution is 6.34. The summed E-state index contributed by atoms with van der Waals surface area (Å²) in [6, 6.07) is 5.00. The summed E-state index contributed by atoms with van der Waals surface area (Å²) in [4.78, 5) is 39.3. The van der Waals surface area contributed by atoms with E-state index in [1.807, 2.05) is 0 Å². The summed E-state index contributed by atoms with van der Waals surface area (Å²) in [6.07, 6.45) is 1.99. The molecule has 3 N–H and O–H groups in total. The number of benzene rings is 1. The second-order valence-corrected chi connectivity index (χ2v) is 6.98. The summed E-state index contributed by atoms with van der Waals surface area (Å²) < 4.78 is 0. The van der Waals surface area contributed by atoms with Crippen molar-refractivity contribution in [1.29, 1.82) is 0 Å². The molecule has 0 spiro atoms. The van der Waals surface area contributed by atoms with Gasteiger partial charge in [0.25, 0.3) is 11.8 Å². The number of Topliss-reactive ketones (excluding diaryl/α,β-unsaturated/α-hetero) is 1. The van der Waals surface area contributed by atoms with Gasteiger partial charge in [0.2, 0.25) is 0 Å². The monoisotopic (exact) mass is 373 g/mol. The fourth-order valence-corrected chi connectivity index (χ4v) is 3.23. The number of halogens is 1. The average molecular weight is 374 g/mol. The highest BCUT2D eigenvalue weighted by atomic mass is 35.5. The lowest BCUT2D eigenvalue weighted by atomic mass is 10.1. The Kier molecular flexibility index (Phi) is 4.87. The van der Waals surface area contributed by atoms with Gasteiger partial charge in [0, 0.05) is 23.0 Å². The van der Waals surface area contributed by atoms with Crippen molar-refractivity contribution >= 4 is 34.9 Å². The van der Waals surface area contributed by atoms with Crippen LogP contribution in [0.5, 0.6) is 0 Å². The van der Waals surface area contributed by atoms with Gasteiger partial charge in [-0.1, -0.05) is 11.6 Å². The summed E-state index contributed by atoms with van der Waals surface area (Å²) >= 11 is 6.20. The van der Waals surface area contributed by atoms with Crippen molar-refractivity contribution in [2.24, 2.45) is 0 Å². The van der Waals surface area contributed by atoms with Gasteiger partial charge in [0.05, 0.1) is 10.6 Å². The third kappa shape index (κ3) is 3.65. The van der Waals surface area contributed by atoms with E-state index in [9.17, 15) is 14.4 Å². The van der Waals surface area contributed by atoms with E-state index in [0.29, 0.717) is 33.8 Å². The average Bonchev–Trinajstić information content (AvgIpc) is 3.30. The van der Waals surface area contributed by atoms with E-state index in [2.05, 4.69) is 15.6 Å². The number of amides is 2. The predicted octanol–water partition coefficient (Wildman–Crippen LogP) is 3.63. The lowest BCUT2D eigenvalue weighted by molar-refractivity contribution is 0.0949. The lowest BCUT2D eigenvalue weighted by Gasteiger charge is -2.09. The molecule has 1 aromatic carbocycles. The Bertz CT molecular complexity index is 913. The maximum atomic E-state index is 12.5. The first-order valence-corrected chi connectivity index (χ1v) is 8.77. The summed E-state index contributed by atoms with van der Waals surface area (Å²) in [5.74, 6) is -0.675. The summed E-state index contributed by atoms with van der Waals surface area (Å²) in [7, 11) is 0. The standard InChI is InChI=1S/C19H20ClN3O3/c1-9-16(11(3)24)10(2)21-17(9)19(26)23-13-6-7-14(15(20)8-13)18(25)22-12-4-5-12/h6-8,12,21H,4-5H2,1-3H3,(H,22,25)(H,23,26). The number of nitrogens with one attached hydrogen (secondary N) is 3. The molecule has 3 rings (SSSR count). The maximum absolute atomic E-state index is 12.5. The van der Waals surface area contributed by atoms with E-state index < -0.39 is 0 Å². The molecule has 1 aliphatic rings. The molecule has 1 aromatic heterocycles. The van der Waals surface area contributed by atoms with Crippen molar-refractivity contribution in [1.82, 2.24) is 10.3 Å². The maximum Gasteiger partial charge on any atom is 0.272 e. The van der Waals surface area contributed by atoms with Gasteiger partial charge in [0.1, 0.15) is 5.69 Å². The number of rotatable bonds is 5. The topological polar surface area (TPSA) is 91.1 Å². The largest absolute Gasteiger partial charge is 0.354 e. The molecule has 6 nitrogen and oxygen atoms in total. The van der Waals surface area contributed by atoms with Crippen molar-refractivity contribution in [3.8, 4) is 0 Å². The quantitative estimate of drug-likeness (QED) is 0.699. The molecule has 0 radical (unpaired) electrons. The van der Waals surface area contributed by atoms with E-state index >= 15 is 0 Å². The number of carbonyl (C=O) groups is 3. The Morgan fingerprint density at radius 3 is 2.38 bits per heavy atom. The number of hydrogen-bond acceptors (Lipinski definition) is 3. The summed E-state index contributed by atoms with van der Waals surface area (Å²) in [6.45, 7) is 4.95. The van der Waals surface area contributed by atoms with Crippen molar-refractivity contribution < 1.29 is 14.4 Å². The lowest BCUT2D eigenvalue weighted by Crippen LogP contribution is -2.25. The zero-order valence-electron chi connectivity index (χ0n) is 14.8. The van der Waals surface area contributed by atoms with Crippen LogP contribution in [0.25, 0.3) is 0 Å². The van der Waals surface area contributed by atoms with E-state index in [0.717, 1.165) is 12.8 Å². The first-order valence-electron chi connectivity index (χ1n) is 8.39. The SMILES string of the molecule is CC(=O)c1c(C)[nH]c(C(=O)Nc2ccc(C(=O)NC3CC3)c(Cl)c2)c1C. The normalized spacial score (nSPS) is 13.4. The van der Waals surface area contributed by atoms with E-state index in [-0.39, 0.29) is 28.7 Å². The second-order valence-electron chi connectivity index (χ2n) is 6.58. The van der Waals surface area contributed by atoms with Crippen LogP contribution >= 0.6 is 11.6 Å². The number of aromatic nitrogens is 1. The van der Waals surface area contributed by atoms with Gasteiger partial charge in [0.15, 0.2) is 5.78 Å². The number of hydrogen-bond donors (Lipinski definition) is 3. The molecular formula is C19H20ClN3O3. The number of anilines is 1. The number of aryl methyl sites for hydroxylation is 1. The fraction of sp³-hybridized carbons (Fsp3) is 0.316. The molecule has 1 saturated carbocycles. The van der Waals surface area contributed by atoms with E-state index in [1.165, 1.54) is 13.0 Å². The fourth-order valence-electron chi connectivity index (χ4n) is 2.97. The first-order chi connectivity index (χ1) is 12.3. The molecule has 7 heteroatoms. The Balaban J connectivity index is 1.77. The molecule has 1 fully saturated rings. The van der Waals surface area contributed by atoms with Crippen LogP contribution in [0.3, 0.4) is 0 Å². The smallest absolute Gasteiger partial charge is 0.272 e. The third-order valence-electron chi connectivity index (χ3n) is 4.40. The number of H-pyrrole nitrogens is 1. The van der Waals surface area contributed by atoms with E-state index in [1.54, 1.807) is 26.0 Å². The molecule has 136 valence electrons. The zero-order chi connectivity index (χ0) is 19.0. The zero-order valence-corrected chi connectivity index (χ0v) is 15.6. The molecule has 0 unspecified atom stereocenters. The van der Waals surface area contributed by atoms with Crippen LogP contribution in [0.4, 0.5) is 5.69 Å². The van der Waals surface area contributed by atoms with Gasteiger partial charge in [-0.25, -0.2) is 0 Å². The van der Waals surface area contributed by atoms with Crippen molar-refractivity contribution in [2.45, 2.75) is 39.7 Å². The number of ketones is 1. The minimum Gasteiger partial charge on any atom is -0.354 e. The minimum atomic E-state index is -0.371. The summed E-state index contributed by atoms with van der Waals surface area (Å²) in [5.41, 5.74) is 2.98. The Morgan fingerprint density at radius 2 is 1.85 bits per heavy atom. The van der Waals surface area contributed by atoms with Gasteiger partial charge in [-0.15, -0.1) is 0 Å². The van der Waals surface area contributed by atoms with Crippen LogP contribution in [0.15, 0.2) is 18.2 Å². The van der Waals surface area contributed by atoms with Gasteiger partial charge >= 0.3 is 0 Å². The molecule has 0 aliphatic heterocycles. The summed E-state index contributed by atoms with van der Waals surface area (Å²) in [5, 5.41) is 5.89. The Labute approximate surface area is 156 Å². The van der Waals surface area contributed by atoms with Gasteiger partial charge in [-0.2, -0.15) is 0 Å². The molecule has 0 saturated heterocycles. The number of carbonyl (C=O) groups excluding carboxylic acids is 3. The van der Waals surface area contributed by atoms with Crippen LogP contribution in [-0.4, -0.2) is 28.6 Å². The second kappa shape index (κ2) is 6.96. The molecule has 1 aliphatic carbocycles. The molecule has 26 heavy (non-hydrogen) atoms. The van der Waals surface area contributed by atoms with E-state index in [4.69, 9.17) is 11.6 Å². The van der Waals surface area contributed by atoms with Gasteiger partial charge in [-0.3, -0.25) is 14.4 Å². The van der Waals surface area contributed by atoms with Crippen molar-refractivity contribution in [3.05, 3.63) is 51.3 Å².